The Hall–Kier alpha value is -1.62. The van der Waals surface area contributed by atoms with E-state index in [0.717, 1.165) is 36.4 Å². The molecular weight excluding hydrogens is 317 g/mol. The highest BCUT2D eigenvalue weighted by Gasteiger charge is 2.05. The number of hydrogen-bond acceptors (Lipinski definition) is 3. The zero-order valence-corrected chi connectivity index (χ0v) is 13.9. The molecule has 23 heavy (non-hydrogen) atoms. The molecule has 0 unspecified atom stereocenters. The van der Waals surface area contributed by atoms with Crippen LogP contribution in [0.2, 0.25) is 5.02 Å². The molecule has 0 saturated carbocycles. The lowest BCUT2D eigenvalue weighted by Crippen LogP contribution is -2.16. The third-order valence-corrected chi connectivity index (χ3v) is 3.58. The third-order valence-electron chi connectivity index (χ3n) is 3.35. The molecule has 124 valence electrons. The van der Waals surface area contributed by atoms with Crippen LogP contribution in [0.3, 0.4) is 0 Å². The Morgan fingerprint density at radius 3 is 2.65 bits per heavy atom. The van der Waals surface area contributed by atoms with Crippen molar-refractivity contribution in [3.8, 4) is 5.75 Å². The largest absolute Gasteiger partial charge is 0.489 e. The summed E-state index contributed by atoms with van der Waals surface area (Å²) >= 11 is 6.07. The second-order valence-corrected chi connectivity index (χ2v) is 5.63. The van der Waals surface area contributed by atoms with Gasteiger partial charge in [0.2, 0.25) is 0 Å². The lowest BCUT2D eigenvalue weighted by molar-refractivity contribution is 0.194. The molecule has 2 aromatic rings. The summed E-state index contributed by atoms with van der Waals surface area (Å²) in [6.07, 6.45) is 0.947. The normalized spacial score (nSPS) is 10.7. The second-order valence-electron chi connectivity index (χ2n) is 5.19. The topological polar surface area (TPSA) is 30.5 Å². The average molecular weight is 338 g/mol. The summed E-state index contributed by atoms with van der Waals surface area (Å²) in [5.74, 6) is 0.527. The average Bonchev–Trinajstić information content (AvgIpc) is 2.55. The van der Waals surface area contributed by atoms with Crippen LogP contribution >= 0.6 is 11.6 Å². The predicted molar refractivity (Wildman–Crippen MR) is 90.4 cm³/mol. The first-order valence-corrected chi connectivity index (χ1v) is 7.92. The molecule has 0 aliphatic heterocycles. The highest BCUT2D eigenvalue weighted by Crippen LogP contribution is 2.24. The van der Waals surface area contributed by atoms with Crippen molar-refractivity contribution < 1.29 is 13.9 Å². The highest BCUT2D eigenvalue weighted by molar-refractivity contribution is 6.30. The number of nitrogens with one attached hydrogen (secondary N) is 1. The second kappa shape index (κ2) is 9.50. The zero-order valence-electron chi connectivity index (χ0n) is 13.1. The fraction of sp³-hybridized carbons (Fsp3) is 0.333. The van der Waals surface area contributed by atoms with Crippen molar-refractivity contribution in [1.29, 1.82) is 0 Å². The Balaban J connectivity index is 1.93. The summed E-state index contributed by atoms with van der Waals surface area (Å²) in [5.41, 5.74) is 1.91. The smallest absolute Gasteiger partial charge is 0.124 e. The molecule has 2 aromatic carbocycles. The summed E-state index contributed by atoms with van der Waals surface area (Å²) < 4.78 is 23.8. The molecule has 3 nitrogen and oxygen atoms in total. The summed E-state index contributed by atoms with van der Waals surface area (Å²) in [6.45, 7) is 2.65. The molecule has 1 N–H and O–H groups in total. The van der Waals surface area contributed by atoms with Crippen LogP contribution in [0.15, 0.2) is 42.5 Å². The monoisotopic (exact) mass is 337 g/mol. The maximum Gasteiger partial charge on any atom is 0.124 e. The summed E-state index contributed by atoms with van der Waals surface area (Å²) in [7, 11) is 1.69. The third kappa shape index (κ3) is 6.18. The first-order chi connectivity index (χ1) is 11.2. The van der Waals surface area contributed by atoms with Crippen molar-refractivity contribution >= 4 is 11.6 Å². The summed E-state index contributed by atoms with van der Waals surface area (Å²) in [5, 5.41) is 4.02. The fourth-order valence-corrected chi connectivity index (χ4v) is 2.33. The van der Waals surface area contributed by atoms with Gasteiger partial charge >= 0.3 is 0 Å². The van der Waals surface area contributed by atoms with E-state index in [-0.39, 0.29) is 5.82 Å². The van der Waals surface area contributed by atoms with E-state index in [1.54, 1.807) is 25.3 Å². The van der Waals surface area contributed by atoms with Gasteiger partial charge in [0.15, 0.2) is 0 Å². The van der Waals surface area contributed by atoms with Crippen LogP contribution in [0.5, 0.6) is 5.75 Å². The predicted octanol–water partition coefficient (Wildman–Crippen LogP) is 4.18. The molecule has 0 heterocycles. The summed E-state index contributed by atoms with van der Waals surface area (Å²) in [4.78, 5) is 0. The minimum absolute atomic E-state index is 0.249. The number of hydrogen-bond donors (Lipinski definition) is 1. The minimum atomic E-state index is -0.249. The van der Waals surface area contributed by atoms with Gasteiger partial charge in [0, 0.05) is 30.8 Å². The van der Waals surface area contributed by atoms with Crippen LogP contribution < -0.4 is 10.1 Å². The fourth-order valence-electron chi connectivity index (χ4n) is 2.13. The van der Waals surface area contributed by atoms with Gasteiger partial charge in [0.05, 0.1) is 0 Å². The Bertz CT molecular complexity index is 604. The van der Waals surface area contributed by atoms with Gasteiger partial charge in [-0.25, -0.2) is 4.39 Å². The molecular formula is C18H21ClFNO2. The standard InChI is InChI=1S/C18H21ClFNO2/c1-22-10-2-9-21-12-15-11-16(19)5-8-18(15)23-13-14-3-6-17(20)7-4-14/h3-8,11,21H,2,9-10,12-13H2,1H3. The molecule has 0 saturated heterocycles. The maximum absolute atomic E-state index is 12.9. The quantitative estimate of drug-likeness (QED) is 0.696. The molecule has 0 atom stereocenters. The molecule has 0 fully saturated rings. The number of benzene rings is 2. The molecule has 2 rings (SSSR count). The van der Waals surface area contributed by atoms with Gasteiger partial charge in [-0.3, -0.25) is 0 Å². The molecule has 0 amide bonds. The van der Waals surface area contributed by atoms with E-state index in [1.165, 1.54) is 12.1 Å². The Morgan fingerprint density at radius 2 is 1.91 bits per heavy atom. The van der Waals surface area contributed by atoms with Gasteiger partial charge in [-0.2, -0.15) is 0 Å². The number of halogens is 2. The van der Waals surface area contributed by atoms with Gasteiger partial charge in [-0.1, -0.05) is 23.7 Å². The van der Waals surface area contributed by atoms with Crippen LogP contribution in [-0.2, 0) is 17.9 Å². The van der Waals surface area contributed by atoms with Gasteiger partial charge in [0.1, 0.15) is 18.2 Å². The van der Waals surface area contributed by atoms with Crippen molar-refractivity contribution in [2.45, 2.75) is 19.6 Å². The van der Waals surface area contributed by atoms with Crippen molar-refractivity contribution in [3.63, 3.8) is 0 Å². The van der Waals surface area contributed by atoms with E-state index in [2.05, 4.69) is 5.32 Å². The SMILES string of the molecule is COCCCNCc1cc(Cl)ccc1OCc1ccc(F)cc1. The number of ether oxygens (including phenoxy) is 2. The van der Waals surface area contributed by atoms with Crippen molar-refractivity contribution in [2.75, 3.05) is 20.3 Å². The van der Waals surface area contributed by atoms with E-state index in [1.807, 2.05) is 12.1 Å². The lowest BCUT2D eigenvalue weighted by Gasteiger charge is -2.13. The molecule has 5 heteroatoms. The van der Waals surface area contributed by atoms with Gasteiger partial charge in [0.25, 0.3) is 0 Å². The van der Waals surface area contributed by atoms with Crippen LogP contribution in [0.25, 0.3) is 0 Å². The lowest BCUT2D eigenvalue weighted by atomic mass is 10.2. The van der Waals surface area contributed by atoms with E-state index >= 15 is 0 Å². The van der Waals surface area contributed by atoms with Gasteiger partial charge in [-0.15, -0.1) is 0 Å². The van der Waals surface area contributed by atoms with E-state index in [4.69, 9.17) is 21.1 Å². The van der Waals surface area contributed by atoms with Crippen LogP contribution in [-0.4, -0.2) is 20.3 Å². The zero-order chi connectivity index (χ0) is 16.5. The molecule has 0 radical (unpaired) electrons. The van der Waals surface area contributed by atoms with Gasteiger partial charge < -0.3 is 14.8 Å². The van der Waals surface area contributed by atoms with Crippen molar-refractivity contribution in [2.24, 2.45) is 0 Å². The first kappa shape index (κ1) is 17.7. The summed E-state index contributed by atoms with van der Waals surface area (Å²) in [6, 6.07) is 11.8. The van der Waals surface area contributed by atoms with Crippen LogP contribution in [0.4, 0.5) is 4.39 Å². The molecule has 0 aromatic heterocycles. The van der Waals surface area contributed by atoms with Crippen LogP contribution in [0, 0.1) is 5.82 Å². The maximum atomic E-state index is 12.9. The Kier molecular flexibility index (Phi) is 7.33. The Labute approximate surface area is 141 Å². The number of rotatable bonds is 9. The van der Waals surface area contributed by atoms with E-state index < -0.39 is 0 Å². The van der Waals surface area contributed by atoms with E-state index in [9.17, 15) is 4.39 Å². The molecule has 0 spiro atoms. The van der Waals surface area contributed by atoms with E-state index in [0.29, 0.717) is 18.2 Å². The number of methoxy groups -OCH3 is 1. The van der Waals surface area contributed by atoms with Crippen molar-refractivity contribution in [3.05, 3.63) is 64.4 Å². The highest BCUT2D eigenvalue weighted by atomic mass is 35.5. The first-order valence-electron chi connectivity index (χ1n) is 7.54. The molecule has 0 aliphatic carbocycles. The Morgan fingerprint density at radius 1 is 1.13 bits per heavy atom. The molecule has 0 bridgehead atoms. The van der Waals surface area contributed by atoms with Crippen LogP contribution in [0.1, 0.15) is 17.5 Å². The van der Waals surface area contributed by atoms with Crippen molar-refractivity contribution in [1.82, 2.24) is 5.32 Å². The minimum Gasteiger partial charge on any atom is -0.489 e. The van der Waals surface area contributed by atoms with Gasteiger partial charge in [-0.05, 0) is 48.9 Å². The molecule has 0 aliphatic rings.